The molecule has 3 N–H and O–H groups in total. The summed E-state index contributed by atoms with van der Waals surface area (Å²) in [5.74, 6) is 1.13. The van der Waals surface area contributed by atoms with Gasteiger partial charge in [0.2, 0.25) is 11.8 Å². The van der Waals surface area contributed by atoms with Crippen molar-refractivity contribution in [2.24, 2.45) is 0 Å². The molecule has 2 amide bonds. The lowest BCUT2D eigenvalue weighted by molar-refractivity contribution is -0.115. The topological polar surface area (TPSA) is 124 Å². The van der Waals surface area contributed by atoms with E-state index in [1.165, 1.54) is 11.8 Å². The highest BCUT2D eigenvalue weighted by atomic mass is 19.1. The molecule has 2 heterocycles. The number of carboxylic acid groups (broad SMARTS) is 1. The number of carbonyl (C=O) groups is 2. The molecule has 3 rings (SSSR count). The third-order valence-electron chi connectivity index (χ3n) is 5.41. The van der Waals surface area contributed by atoms with Gasteiger partial charge in [0.05, 0.1) is 12.2 Å². The first-order valence-corrected chi connectivity index (χ1v) is 9.66. The average molecular weight is 407 g/mol. The summed E-state index contributed by atoms with van der Waals surface area (Å²) in [5.41, 5.74) is 0.820. The Morgan fingerprint density at radius 3 is 2.83 bits per heavy atom. The number of nitrogens with zero attached hydrogens (tertiary/aromatic N) is 3. The maximum atomic E-state index is 13.7. The fourth-order valence-corrected chi connectivity index (χ4v) is 3.79. The molecular weight excluding hydrogens is 381 g/mol. The molecule has 0 radical (unpaired) electrons. The summed E-state index contributed by atoms with van der Waals surface area (Å²) in [6.45, 7) is 4.71. The molecule has 0 aliphatic heterocycles. The molecule has 0 saturated heterocycles. The van der Waals surface area contributed by atoms with Crippen LogP contribution in [0, 0.1) is 6.92 Å². The van der Waals surface area contributed by atoms with Gasteiger partial charge >= 0.3 is 6.09 Å². The van der Waals surface area contributed by atoms with Gasteiger partial charge in [0, 0.05) is 23.7 Å². The van der Waals surface area contributed by atoms with Crippen LogP contribution in [0.3, 0.4) is 0 Å². The fourth-order valence-electron chi connectivity index (χ4n) is 3.79. The summed E-state index contributed by atoms with van der Waals surface area (Å²) in [4.78, 5) is 29.0. The first-order chi connectivity index (χ1) is 13.7. The van der Waals surface area contributed by atoms with Crippen LogP contribution in [0.25, 0.3) is 0 Å². The number of nitrogens with one attached hydrogen (secondary N) is 2. The number of amides is 2. The van der Waals surface area contributed by atoms with Crippen molar-refractivity contribution in [1.82, 2.24) is 20.1 Å². The lowest BCUT2D eigenvalue weighted by Crippen LogP contribution is -2.47. The molecule has 2 aromatic heterocycles. The molecule has 0 aromatic carbocycles. The molecule has 0 bridgehead atoms. The number of rotatable bonds is 7. The lowest BCUT2D eigenvalue weighted by Gasteiger charge is -2.33. The van der Waals surface area contributed by atoms with Gasteiger partial charge in [0.25, 0.3) is 0 Å². The summed E-state index contributed by atoms with van der Waals surface area (Å²) in [5, 5.41) is 19.2. The van der Waals surface area contributed by atoms with E-state index in [1.54, 1.807) is 26.1 Å². The van der Waals surface area contributed by atoms with Gasteiger partial charge in [-0.1, -0.05) is 0 Å². The van der Waals surface area contributed by atoms with E-state index < -0.39 is 18.3 Å². The van der Waals surface area contributed by atoms with Crippen molar-refractivity contribution < 1.29 is 23.5 Å². The number of aryl methyl sites for hydroxylation is 1. The summed E-state index contributed by atoms with van der Waals surface area (Å²) in [6.07, 6.45) is 1.20. The number of hydrogen-bond acceptors (Lipinski definition) is 5. The van der Waals surface area contributed by atoms with E-state index in [2.05, 4.69) is 20.5 Å². The number of H-pyrrole nitrogens is 1. The molecule has 1 saturated carbocycles. The van der Waals surface area contributed by atoms with Crippen molar-refractivity contribution in [2.45, 2.75) is 70.6 Å². The van der Waals surface area contributed by atoms with E-state index in [0.29, 0.717) is 30.3 Å². The SMILES string of the molecule is Cc1cnc(CC(=O)Nc2cc(C3CCC(N(C(=O)O)[C@@H](C)[C@@H](C)F)C3)[nH]n2)o1. The predicted octanol–water partition coefficient (Wildman–Crippen LogP) is 3.25. The predicted molar refractivity (Wildman–Crippen MR) is 102 cm³/mol. The number of hydrogen-bond donors (Lipinski definition) is 3. The number of oxazole rings is 1. The minimum absolute atomic E-state index is 0.00834. The van der Waals surface area contributed by atoms with Crippen molar-refractivity contribution in [1.29, 1.82) is 0 Å². The quantitative estimate of drug-likeness (QED) is 0.647. The van der Waals surface area contributed by atoms with Crippen LogP contribution in [0.2, 0.25) is 0 Å². The highest BCUT2D eigenvalue weighted by Gasteiger charge is 2.37. The van der Waals surface area contributed by atoms with Crippen LogP contribution in [0.15, 0.2) is 16.7 Å². The Hall–Kier alpha value is -2.91. The van der Waals surface area contributed by atoms with Gasteiger partial charge in [-0.3, -0.25) is 14.8 Å². The number of aromatic nitrogens is 3. The van der Waals surface area contributed by atoms with Crippen molar-refractivity contribution in [3.8, 4) is 0 Å². The fraction of sp³-hybridized carbons (Fsp3) is 0.579. The zero-order valence-corrected chi connectivity index (χ0v) is 16.7. The third kappa shape index (κ3) is 4.93. The number of aromatic amines is 1. The molecule has 2 aromatic rings. The molecule has 10 heteroatoms. The van der Waals surface area contributed by atoms with Crippen molar-refractivity contribution in [3.05, 3.63) is 29.6 Å². The van der Waals surface area contributed by atoms with Gasteiger partial charge in [-0.05, 0) is 40.0 Å². The van der Waals surface area contributed by atoms with Gasteiger partial charge < -0.3 is 14.8 Å². The van der Waals surface area contributed by atoms with Crippen molar-refractivity contribution in [2.75, 3.05) is 5.32 Å². The lowest BCUT2D eigenvalue weighted by atomic mass is 10.0. The van der Waals surface area contributed by atoms with Crippen LogP contribution < -0.4 is 5.32 Å². The molecule has 1 aliphatic rings. The summed E-state index contributed by atoms with van der Waals surface area (Å²) >= 11 is 0. The smallest absolute Gasteiger partial charge is 0.407 e. The van der Waals surface area contributed by atoms with Crippen LogP contribution >= 0.6 is 0 Å². The van der Waals surface area contributed by atoms with Gasteiger partial charge in [0.1, 0.15) is 18.4 Å². The second kappa shape index (κ2) is 8.62. The highest BCUT2D eigenvalue weighted by molar-refractivity contribution is 5.90. The largest absolute Gasteiger partial charge is 0.465 e. The minimum atomic E-state index is -1.24. The Kier molecular flexibility index (Phi) is 6.19. The second-order valence-electron chi connectivity index (χ2n) is 7.57. The summed E-state index contributed by atoms with van der Waals surface area (Å²) in [7, 11) is 0. The molecular formula is C19H26FN5O4. The molecule has 9 nitrogen and oxygen atoms in total. The standard InChI is InChI=1S/C19H26FN5O4/c1-10-9-21-18(29-10)8-17(26)22-16-7-15(23-24-16)13-4-5-14(6-13)25(19(27)28)12(3)11(2)20/h7,9,11-14H,4-6,8H2,1-3H3,(H,27,28)(H2,22,23,24,26)/t11-,12+,13?,14?/m1/s1. The van der Waals surface area contributed by atoms with Crippen LogP contribution in [-0.4, -0.2) is 55.4 Å². The number of halogens is 1. The number of carbonyl (C=O) groups excluding carboxylic acids is 1. The van der Waals surface area contributed by atoms with E-state index in [4.69, 9.17) is 4.42 Å². The van der Waals surface area contributed by atoms with E-state index in [-0.39, 0.29) is 24.3 Å². The zero-order chi connectivity index (χ0) is 21.1. The second-order valence-corrected chi connectivity index (χ2v) is 7.57. The van der Waals surface area contributed by atoms with Crippen LogP contribution in [0.4, 0.5) is 15.0 Å². The van der Waals surface area contributed by atoms with Crippen LogP contribution in [-0.2, 0) is 11.2 Å². The van der Waals surface area contributed by atoms with Gasteiger partial charge in [-0.25, -0.2) is 14.2 Å². The van der Waals surface area contributed by atoms with E-state index >= 15 is 0 Å². The normalized spacial score (nSPS) is 21.0. The maximum Gasteiger partial charge on any atom is 0.407 e. The Balaban J connectivity index is 1.59. The molecule has 29 heavy (non-hydrogen) atoms. The van der Waals surface area contributed by atoms with Crippen molar-refractivity contribution in [3.63, 3.8) is 0 Å². The van der Waals surface area contributed by atoms with E-state index in [1.807, 2.05) is 0 Å². The zero-order valence-electron chi connectivity index (χ0n) is 16.7. The van der Waals surface area contributed by atoms with E-state index in [9.17, 15) is 19.1 Å². The van der Waals surface area contributed by atoms with E-state index in [0.717, 1.165) is 12.1 Å². The Morgan fingerprint density at radius 2 is 2.21 bits per heavy atom. The summed E-state index contributed by atoms with van der Waals surface area (Å²) < 4.78 is 19.0. The monoisotopic (exact) mass is 407 g/mol. The Bertz CT molecular complexity index is 864. The third-order valence-corrected chi connectivity index (χ3v) is 5.41. The molecule has 4 atom stereocenters. The van der Waals surface area contributed by atoms with Gasteiger partial charge in [0.15, 0.2) is 5.82 Å². The first kappa shape index (κ1) is 20.8. The van der Waals surface area contributed by atoms with Crippen LogP contribution in [0.1, 0.15) is 56.4 Å². The number of alkyl halides is 1. The summed E-state index contributed by atoms with van der Waals surface area (Å²) in [6, 6.07) is 0.796. The van der Waals surface area contributed by atoms with Gasteiger partial charge in [-0.15, -0.1) is 0 Å². The average Bonchev–Trinajstić information content (AvgIpc) is 3.36. The molecule has 2 unspecified atom stereocenters. The highest BCUT2D eigenvalue weighted by Crippen LogP contribution is 2.37. The Morgan fingerprint density at radius 1 is 1.45 bits per heavy atom. The molecule has 0 spiro atoms. The first-order valence-electron chi connectivity index (χ1n) is 9.66. The Labute approximate surface area is 167 Å². The molecule has 1 aliphatic carbocycles. The van der Waals surface area contributed by atoms with Crippen molar-refractivity contribution >= 4 is 17.8 Å². The maximum absolute atomic E-state index is 13.7. The number of anilines is 1. The van der Waals surface area contributed by atoms with Gasteiger partial charge in [-0.2, -0.15) is 5.10 Å². The molecule has 158 valence electrons. The minimum Gasteiger partial charge on any atom is -0.465 e. The van der Waals surface area contributed by atoms with Crippen LogP contribution in [0.5, 0.6) is 0 Å². The molecule has 1 fully saturated rings.